The highest BCUT2D eigenvalue weighted by Crippen LogP contribution is 2.41. The van der Waals surface area contributed by atoms with Crippen LogP contribution in [0.4, 0.5) is 0 Å². The van der Waals surface area contributed by atoms with Crippen molar-refractivity contribution in [3.8, 4) is 0 Å². The lowest BCUT2D eigenvalue weighted by atomic mass is 9.89. The molecule has 2 bridgehead atoms. The molecule has 0 aromatic heterocycles. The Morgan fingerprint density at radius 2 is 1.88 bits per heavy atom. The summed E-state index contributed by atoms with van der Waals surface area (Å²) in [4.78, 5) is 25.9. The van der Waals surface area contributed by atoms with Crippen LogP contribution in [0.3, 0.4) is 0 Å². The molecule has 4 unspecified atom stereocenters. The third-order valence-corrected chi connectivity index (χ3v) is 5.83. The number of aliphatic carboxylic acids is 1. The van der Waals surface area contributed by atoms with Gasteiger partial charge in [-0.15, -0.1) is 0 Å². The second-order valence-corrected chi connectivity index (χ2v) is 8.28. The van der Waals surface area contributed by atoms with E-state index in [4.69, 9.17) is 0 Å². The van der Waals surface area contributed by atoms with Gasteiger partial charge in [-0.1, -0.05) is 38.1 Å². The number of amides is 1. The van der Waals surface area contributed by atoms with Gasteiger partial charge in [-0.2, -0.15) is 0 Å². The molecular weight excluding hydrogens is 328 g/mol. The van der Waals surface area contributed by atoms with E-state index in [0.717, 1.165) is 24.8 Å². The predicted molar refractivity (Wildman–Crippen MR) is 101 cm³/mol. The van der Waals surface area contributed by atoms with Gasteiger partial charge < -0.3 is 10.4 Å². The van der Waals surface area contributed by atoms with Gasteiger partial charge in [0.15, 0.2) is 0 Å². The molecule has 2 heterocycles. The molecule has 1 aromatic carbocycles. The number of nitrogens with one attached hydrogen (secondary N) is 1. The number of hydrogen-bond acceptors (Lipinski definition) is 3. The summed E-state index contributed by atoms with van der Waals surface area (Å²) in [7, 11) is 0. The summed E-state index contributed by atoms with van der Waals surface area (Å²) >= 11 is 0. The van der Waals surface area contributed by atoms with E-state index in [2.05, 4.69) is 48.3 Å². The first-order valence-corrected chi connectivity index (χ1v) is 9.72. The van der Waals surface area contributed by atoms with Crippen LogP contribution in [0.1, 0.15) is 57.2 Å². The van der Waals surface area contributed by atoms with Crippen molar-refractivity contribution in [2.45, 2.75) is 64.6 Å². The molecule has 2 saturated heterocycles. The van der Waals surface area contributed by atoms with Gasteiger partial charge in [-0.05, 0) is 49.7 Å². The SMILES string of the molecule is CC(C)Cc1ccc(C(C)NC(=O)CN2C3CCC2C(C(=O)O)C3)cc1. The zero-order valence-corrected chi connectivity index (χ0v) is 15.9. The number of benzene rings is 1. The second kappa shape index (κ2) is 7.78. The average Bonchev–Trinajstić information content (AvgIpc) is 3.11. The monoisotopic (exact) mass is 358 g/mol. The molecule has 0 saturated carbocycles. The Morgan fingerprint density at radius 1 is 1.19 bits per heavy atom. The minimum atomic E-state index is -0.725. The lowest BCUT2D eigenvalue weighted by Gasteiger charge is -2.23. The van der Waals surface area contributed by atoms with Gasteiger partial charge in [0.2, 0.25) is 5.91 Å². The number of carboxylic acid groups (broad SMARTS) is 1. The normalized spacial score (nSPS) is 26.2. The van der Waals surface area contributed by atoms with E-state index in [-0.39, 0.29) is 30.0 Å². The van der Waals surface area contributed by atoms with E-state index >= 15 is 0 Å². The summed E-state index contributed by atoms with van der Waals surface area (Å²) in [5, 5.41) is 12.4. The van der Waals surface area contributed by atoms with Crippen molar-refractivity contribution in [1.29, 1.82) is 0 Å². The van der Waals surface area contributed by atoms with Crippen molar-refractivity contribution in [1.82, 2.24) is 10.2 Å². The molecule has 3 rings (SSSR count). The minimum absolute atomic E-state index is 0.0216. The van der Waals surface area contributed by atoms with Crippen molar-refractivity contribution < 1.29 is 14.7 Å². The first kappa shape index (κ1) is 18.9. The number of nitrogens with zero attached hydrogens (tertiary/aromatic N) is 1. The van der Waals surface area contributed by atoms with E-state index < -0.39 is 5.97 Å². The molecule has 1 aromatic rings. The molecule has 2 aliphatic rings. The van der Waals surface area contributed by atoms with E-state index in [1.807, 2.05) is 6.92 Å². The minimum Gasteiger partial charge on any atom is -0.481 e. The van der Waals surface area contributed by atoms with Crippen LogP contribution in [0.5, 0.6) is 0 Å². The Labute approximate surface area is 155 Å². The van der Waals surface area contributed by atoms with Crippen LogP contribution in [0.25, 0.3) is 0 Å². The topological polar surface area (TPSA) is 69.6 Å². The fraction of sp³-hybridized carbons (Fsp3) is 0.619. The number of hydrogen-bond donors (Lipinski definition) is 2. The molecule has 1 amide bonds. The zero-order valence-electron chi connectivity index (χ0n) is 15.9. The Hall–Kier alpha value is -1.88. The van der Waals surface area contributed by atoms with Crippen molar-refractivity contribution in [2.75, 3.05) is 6.54 Å². The number of rotatable bonds is 7. The lowest BCUT2D eigenvalue weighted by molar-refractivity contribution is -0.143. The van der Waals surface area contributed by atoms with Crippen molar-refractivity contribution in [2.24, 2.45) is 11.8 Å². The summed E-state index contributed by atoms with van der Waals surface area (Å²) in [6.45, 7) is 6.71. The van der Waals surface area contributed by atoms with Crippen LogP contribution in [0, 0.1) is 11.8 Å². The van der Waals surface area contributed by atoms with Crippen LogP contribution in [-0.2, 0) is 16.0 Å². The predicted octanol–water partition coefficient (Wildman–Crippen LogP) is 3.00. The fourth-order valence-electron chi connectivity index (χ4n) is 4.56. The van der Waals surface area contributed by atoms with Crippen LogP contribution in [0.15, 0.2) is 24.3 Å². The summed E-state index contributed by atoms with van der Waals surface area (Å²) in [6, 6.07) is 8.66. The van der Waals surface area contributed by atoms with Gasteiger partial charge in [-0.25, -0.2) is 0 Å². The zero-order chi connectivity index (χ0) is 18.8. The van der Waals surface area contributed by atoms with Gasteiger partial charge in [-0.3, -0.25) is 14.5 Å². The average molecular weight is 358 g/mol. The van der Waals surface area contributed by atoms with E-state index in [9.17, 15) is 14.7 Å². The molecule has 26 heavy (non-hydrogen) atoms. The Bertz CT molecular complexity index is 656. The van der Waals surface area contributed by atoms with Crippen LogP contribution < -0.4 is 5.32 Å². The van der Waals surface area contributed by atoms with Gasteiger partial charge in [0.05, 0.1) is 18.5 Å². The first-order valence-electron chi connectivity index (χ1n) is 9.72. The quantitative estimate of drug-likeness (QED) is 0.786. The second-order valence-electron chi connectivity index (χ2n) is 8.28. The Kier molecular flexibility index (Phi) is 5.66. The highest BCUT2D eigenvalue weighted by atomic mass is 16.4. The molecule has 0 radical (unpaired) electrons. The van der Waals surface area contributed by atoms with Crippen molar-refractivity contribution in [3.63, 3.8) is 0 Å². The van der Waals surface area contributed by atoms with E-state index in [1.165, 1.54) is 5.56 Å². The molecule has 2 N–H and O–H groups in total. The van der Waals surface area contributed by atoms with Crippen LogP contribution in [0.2, 0.25) is 0 Å². The third-order valence-electron chi connectivity index (χ3n) is 5.83. The molecule has 142 valence electrons. The maximum Gasteiger partial charge on any atom is 0.308 e. The van der Waals surface area contributed by atoms with Crippen LogP contribution >= 0.6 is 0 Å². The molecule has 5 heteroatoms. The van der Waals surface area contributed by atoms with Gasteiger partial charge in [0.25, 0.3) is 0 Å². The molecule has 2 fully saturated rings. The standard InChI is InChI=1S/C21H30N2O3/c1-13(2)10-15-4-6-16(7-5-15)14(3)22-20(24)12-23-17-8-9-19(23)18(11-17)21(25)26/h4-7,13-14,17-19H,8-12H2,1-3H3,(H,22,24)(H,25,26). The highest BCUT2D eigenvalue weighted by molar-refractivity contribution is 5.79. The maximum absolute atomic E-state index is 12.5. The van der Waals surface area contributed by atoms with Crippen molar-refractivity contribution in [3.05, 3.63) is 35.4 Å². The summed E-state index contributed by atoms with van der Waals surface area (Å²) in [6.07, 6.45) is 3.64. The molecule has 0 aliphatic carbocycles. The summed E-state index contributed by atoms with van der Waals surface area (Å²) in [5.74, 6) is -0.430. The largest absolute Gasteiger partial charge is 0.481 e. The first-order chi connectivity index (χ1) is 12.3. The van der Waals surface area contributed by atoms with E-state index in [1.54, 1.807) is 0 Å². The number of carboxylic acids is 1. The third kappa shape index (κ3) is 4.09. The van der Waals surface area contributed by atoms with Crippen molar-refractivity contribution >= 4 is 11.9 Å². The summed E-state index contributed by atoms with van der Waals surface area (Å²) < 4.78 is 0. The molecule has 2 aliphatic heterocycles. The number of carbonyl (C=O) groups is 2. The van der Waals surface area contributed by atoms with Crippen LogP contribution in [-0.4, -0.2) is 40.5 Å². The van der Waals surface area contributed by atoms with Gasteiger partial charge in [0, 0.05) is 12.1 Å². The Morgan fingerprint density at radius 3 is 2.46 bits per heavy atom. The Balaban J connectivity index is 1.54. The maximum atomic E-state index is 12.5. The number of fused-ring (bicyclic) bond motifs is 2. The smallest absolute Gasteiger partial charge is 0.308 e. The lowest BCUT2D eigenvalue weighted by Crippen LogP contribution is -2.41. The van der Waals surface area contributed by atoms with E-state index in [0.29, 0.717) is 18.9 Å². The highest BCUT2D eigenvalue weighted by Gasteiger charge is 2.49. The van der Waals surface area contributed by atoms with Gasteiger partial charge in [0.1, 0.15) is 0 Å². The summed E-state index contributed by atoms with van der Waals surface area (Å²) in [5.41, 5.74) is 2.41. The molecule has 4 atom stereocenters. The molecule has 0 spiro atoms. The number of carbonyl (C=O) groups excluding carboxylic acids is 1. The molecule has 5 nitrogen and oxygen atoms in total. The van der Waals surface area contributed by atoms with Gasteiger partial charge >= 0.3 is 5.97 Å². The fourth-order valence-corrected chi connectivity index (χ4v) is 4.56. The molecular formula is C21H30N2O3.